The molecule has 1 aliphatic rings. The minimum atomic E-state index is -0.117. The SMILES string of the molecule is Cl.O=C(NCCC1CCCNC1)c1cc(Cl)cc(Cl)c1. The summed E-state index contributed by atoms with van der Waals surface area (Å²) in [7, 11) is 0. The van der Waals surface area contributed by atoms with Gasteiger partial charge in [0.25, 0.3) is 5.91 Å². The van der Waals surface area contributed by atoms with Crippen molar-refractivity contribution < 1.29 is 4.79 Å². The largest absolute Gasteiger partial charge is 0.352 e. The summed E-state index contributed by atoms with van der Waals surface area (Å²) < 4.78 is 0. The molecule has 0 saturated carbocycles. The number of carbonyl (C=O) groups excluding carboxylic acids is 1. The fraction of sp³-hybridized carbons (Fsp3) is 0.500. The molecule has 1 aliphatic heterocycles. The highest BCUT2D eigenvalue weighted by molar-refractivity contribution is 6.35. The van der Waals surface area contributed by atoms with E-state index in [9.17, 15) is 4.79 Å². The van der Waals surface area contributed by atoms with Gasteiger partial charge in [-0.1, -0.05) is 23.2 Å². The highest BCUT2D eigenvalue weighted by atomic mass is 35.5. The van der Waals surface area contributed by atoms with Crippen molar-refractivity contribution in [3.05, 3.63) is 33.8 Å². The van der Waals surface area contributed by atoms with Crippen LogP contribution in [0.1, 0.15) is 29.6 Å². The van der Waals surface area contributed by atoms with Crippen LogP contribution in [0.4, 0.5) is 0 Å². The molecule has 0 radical (unpaired) electrons. The van der Waals surface area contributed by atoms with E-state index in [1.165, 1.54) is 12.8 Å². The second kappa shape index (κ2) is 8.73. The van der Waals surface area contributed by atoms with Crippen molar-refractivity contribution in [3.63, 3.8) is 0 Å². The summed E-state index contributed by atoms with van der Waals surface area (Å²) in [5.41, 5.74) is 0.513. The van der Waals surface area contributed by atoms with Crippen LogP contribution >= 0.6 is 35.6 Å². The van der Waals surface area contributed by atoms with Crippen molar-refractivity contribution in [3.8, 4) is 0 Å². The Morgan fingerprint density at radius 1 is 1.30 bits per heavy atom. The zero-order valence-electron chi connectivity index (χ0n) is 11.1. The van der Waals surface area contributed by atoms with Crippen molar-refractivity contribution in [2.45, 2.75) is 19.3 Å². The van der Waals surface area contributed by atoms with Crippen LogP contribution in [0.5, 0.6) is 0 Å². The summed E-state index contributed by atoms with van der Waals surface area (Å²) in [5.74, 6) is 0.546. The maximum Gasteiger partial charge on any atom is 0.251 e. The lowest BCUT2D eigenvalue weighted by Gasteiger charge is -2.22. The number of piperidine rings is 1. The number of benzene rings is 1. The van der Waals surface area contributed by atoms with Gasteiger partial charge in [-0.05, 0) is 56.5 Å². The molecule has 1 aromatic rings. The lowest BCUT2D eigenvalue weighted by atomic mass is 9.96. The molecule has 0 aromatic heterocycles. The van der Waals surface area contributed by atoms with Crippen LogP contribution < -0.4 is 10.6 Å². The first-order chi connectivity index (χ1) is 9.15. The maximum absolute atomic E-state index is 11.9. The molecule has 0 aliphatic carbocycles. The van der Waals surface area contributed by atoms with Crippen LogP contribution in [0, 0.1) is 5.92 Å². The van der Waals surface area contributed by atoms with E-state index < -0.39 is 0 Å². The summed E-state index contributed by atoms with van der Waals surface area (Å²) in [6.45, 7) is 2.86. The quantitative estimate of drug-likeness (QED) is 0.882. The molecule has 6 heteroatoms. The van der Waals surface area contributed by atoms with E-state index in [0.717, 1.165) is 19.5 Å². The number of halogens is 3. The third kappa shape index (κ3) is 5.49. The molecule has 1 saturated heterocycles. The van der Waals surface area contributed by atoms with E-state index in [0.29, 0.717) is 28.1 Å². The van der Waals surface area contributed by atoms with Crippen LogP contribution in [-0.4, -0.2) is 25.5 Å². The summed E-state index contributed by atoms with van der Waals surface area (Å²) in [6, 6.07) is 4.88. The predicted octanol–water partition coefficient (Wildman–Crippen LogP) is 3.53. The number of amides is 1. The van der Waals surface area contributed by atoms with E-state index in [1.54, 1.807) is 18.2 Å². The molecule has 3 nitrogen and oxygen atoms in total. The lowest BCUT2D eigenvalue weighted by Crippen LogP contribution is -2.33. The average molecular weight is 338 g/mol. The summed E-state index contributed by atoms with van der Waals surface area (Å²) in [4.78, 5) is 11.9. The van der Waals surface area contributed by atoms with Crippen molar-refractivity contribution in [1.82, 2.24) is 10.6 Å². The van der Waals surface area contributed by atoms with Gasteiger partial charge in [0, 0.05) is 22.2 Å². The molecule has 2 N–H and O–H groups in total. The molecule has 1 fully saturated rings. The van der Waals surface area contributed by atoms with E-state index in [-0.39, 0.29) is 18.3 Å². The number of carbonyl (C=O) groups is 1. The highest BCUT2D eigenvalue weighted by Gasteiger charge is 2.13. The van der Waals surface area contributed by atoms with Crippen LogP contribution in [0.25, 0.3) is 0 Å². The van der Waals surface area contributed by atoms with Gasteiger partial charge in [-0.3, -0.25) is 4.79 Å². The van der Waals surface area contributed by atoms with Gasteiger partial charge in [-0.25, -0.2) is 0 Å². The van der Waals surface area contributed by atoms with Gasteiger partial charge in [0.05, 0.1) is 0 Å². The van der Waals surface area contributed by atoms with Gasteiger partial charge < -0.3 is 10.6 Å². The standard InChI is InChI=1S/C14H18Cl2N2O.ClH/c15-12-6-11(7-13(16)8-12)14(19)18-5-3-10-2-1-4-17-9-10;/h6-8,10,17H,1-5,9H2,(H,18,19);1H. The molecule has 1 heterocycles. The Hall–Kier alpha value is -0.480. The lowest BCUT2D eigenvalue weighted by molar-refractivity contribution is 0.0950. The zero-order valence-corrected chi connectivity index (χ0v) is 13.5. The van der Waals surface area contributed by atoms with Crippen molar-refractivity contribution in [2.24, 2.45) is 5.92 Å². The summed E-state index contributed by atoms with van der Waals surface area (Å²) >= 11 is 11.8. The molecule has 0 bridgehead atoms. The molecule has 1 unspecified atom stereocenters. The van der Waals surface area contributed by atoms with Gasteiger partial charge in [0.1, 0.15) is 0 Å². The first-order valence-electron chi connectivity index (χ1n) is 6.60. The van der Waals surface area contributed by atoms with Gasteiger partial charge in [-0.15, -0.1) is 12.4 Å². The average Bonchev–Trinajstić information content (AvgIpc) is 2.38. The van der Waals surface area contributed by atoms with Crippen molar-refractivity contribution >= 4 is 41.5 Å². The number of hydrogen-bond acceptors (Lipinski definition) is 2. The maximum atomic E-state index is 11.9. The highest BCUT2D eigenvalue weighted by Crippen LogP contribution is 2.19. The Morgan fingerprint density at radius 2 is 2.00 bits per heavy atom. The monoisotopic (exact) mass is 336 g/mol. The molecular formula is C14H19Cl3N2O. The molecule has 1 amide bonds. The Bertz CT molecular complexity index is 428. The second-order valence-corrected chi connectivity index (χ2v) is 5.79. The third-order valence-corrected chi connectivity index (χ3v) is 3.80. The van der Waals surface area contributed by atoms with Crippen LogP contribution in [-0.2, 0) is 0 Å². The number of rotatable bonds is 4. The first-order valence-corrected chi connectivity index (χ1v) is 7.36. The van der Waals surface area contributed by atoms with Gasteiger partial charge in [0.15, 0.2) is 0 Å². The molecule has 1 atom stereocenters. The van der Waals surface area contributed by atoms with E-state index in [4.69, 9.17) is 23.2 Å². The minimum Gasteiger partial charge on any atom is -0.352 e. The predicted molar refractivity (Wildman–Crippen MR) is 86.3 cm³/mol. The normalized spacial score (nSPS) is 18.2. The van der Waals surface area contributed by atoms with Gasteiger partial charge >= 0.3 is 0 Å². The number of nitrogens with one attached hydrogen (secondary N) is 2. The summed E-state index contributed by atoms with van der Waals surface area (Å²) in [5, 5.41) is 7.25. The summed E-state index contributed by atoms with van der Waals surface area (Å²) in [6.07, 6.45) is 3.47. The smallest absolute Gasteiger partial charge is 0.251 e. The van der Waals surface area contributed by atoms with E-state index in [1.807, 2.05) is 0 Å². The molecule has 1 aromatic carbocycles. The molecule has 0 spiro atoms. The molecule has 20 heavy (non-hydrogen) atoms. The Kier molecular flexibility index (Phi) is 7.67. The molecule has 112 valence electrons. The van der Waals surface area contributed by atoms with Crippen LogP contribution in [0.2, 0.25) is 10.0 Å². The Balaban J connectivity index is 0.00000200. The number of hydrogen-bond donors (Lipinski definition) is 2. The second-order valence-electron chi connectivity index (χ2n) is 4.92. The first kappa shape index (κ1) is 17.6. The Labute approximate surface area is 135 Å². The van der Waals surface area contributed by atoms with Gasteiger partial charge in [-0.2, -0.15) is 0 Å². The third-order valence-electron chi connectivity index (χ3n) is 3.36. The van der Waals surface area contributed by atoms with Gasteiger partial charge in [0.2, 0.25) is 0 Å². The van der Waals surface area contributed by atoms with Crippen molar-refractivity contribution in [1.29, 1.82) is 0 Å². The zero-order chi connectivity index (χ0) is 13.7. The van der Waals surface area contributed by atoms with Crippen LogP contribution in [0.3, 0.4) is 0 Å². The topological polar surface area (TPSA) is 41.1 Å². The molecular weight excluding hydrogens is 319 g/mol. The van der Waals surface area contributed by atoms with Crippen LogP contribution in [0.15, 0.2) is 18.2 Å². The van der Waals surface area contributed by atoms with E-state index in [2.05, 4.69) is 10.6 Å². The minimum absolute atomic E-state index is 0. The molecule has 2 rings (SSSR count). The van der Waals surface area contributed by atoms with Crippen molar-refractivity contribution in [2.75, 3.05) is 19.6 Å². The fourth-order valence-corrected chi connectivity index (χ4v) is 2.87. The van der Waals surface area contributed by atoms with E-state index >= 15 is 0 Å². The Morgan fingerprint density at radius 3 is 2.60 bits per heavy atom. The fourth-order valence-electron chi connectivity index (χ4n) is 2.35.